The molecule has 0 bridgehead atoms. The molecule has 0 fully saturated rings. The van der Waals surface area contributed by atoms with Gasteiger partial charge in [-0.3, -0.25) is 0 Å². The highest BCUT2D eigenvalue weighted by atomic mass is 32.1. The first kappa shape index (κ1) is 8.52. The second kappa shape index (κ2) is 3.01. The maximum Gasteiger partial charge on any atom is 0.153 e. The van der Waals surface area contributed by atoms with E-state index in [2.05, 4.69) is 4.98 Å². The van der Waals surface area contributed by atoms with E-state index in [1.807, 2.05) is 0 Å². The van der Waals surface area contributed by atoms with Crippen LogP contribution >= 0.6 is 11.3 Å². The van der Waals surface area contributed by atoms with E-state index in [4.69, 9.17) is 5.73 Å². The lowest BCUT2D eigenvalue weighted by molar-refractivity contribution is 0.591. The monoisotopic (exact) mass is 200 g/mol. The number of thiazole rings is 1. The number of benzene rings is 1. The van der Waals surface area contributed by atoms with Crippen molar-refractivity contribution >= 4 is 21.6 Å². The maximum absolute atomic E-state index is 13.1. The van der Waals surface area contributed by atoms with Crippen LogP contribution in [0.4, 0.5) is 8.78 Å². The van der Waals surface area contributed by atoms with Crippen molar-refractivity contribution in [1.29, 1.82) is 0 Å². The van der Waals surface area contributed by atoms with Gasteiger partial charge in [-0.2, -0.15) is 0 Å². The summed E-state index contributed by atoms with van der Waals surface area (Å²) in [5.74, 6) is -1.22. The number of aromatic nitrogens is 1. The average Bonchev–Trinajstić information content (AvgIpc) is 2.47. The third-order valence-electron chi connectivity index (χ3n) is 1.63. The minimum Gasteiger partial charge on any atom is -0.325 e. The smallest absolute Gasteiger partial charge is 0.153 e. The Hall–Kier alpha value is -1.07. The number of halogens is 2. The fourth-order valence-corrected chi connectivity index (χ4v) is 1.98. The van der Waals surface area contributed by atoms with E-state index in [-0.39, 0.29) is 12.1 Å². The van der Waals surface area contributed by atoms with Crippen LogP contribution in [0, 0.1) is 11.6 Å². The van der Waals surface area contributed by atoms with Crippen LogP contribution in [-0.4, -0.2) is 4.98 Å². The lowest BCUT2D eigenvalue weighted by atomic mass is 10.3. The highest BCUT2D eigenvalue weighted by Crippen LogP contribution is 2.24. The zero-order chi connectivity index (χ0) is 9.42. The van der Waals surface area contributed by atoms with Crippen LogP contribution in [0.25, 0.3) is 10.2 Å². The first-order chi connectivity index (χ1) is 6.20. The van der Waals surface area contributed by atoms with Gasteiger partial charge in [-0.1, -0.05) is 0 Å². The molecule has 0 saturated heterocycles. The Morgan fingerprint density at radius 2 is 2.15 bits per heavy atom. The van der Waals surface area contributed by atoms with E-state index in [1.165, 1.54) is 17.4 Å². The lowest BCUT2D eigenvalue weighted by Gasteiger charge is -1.90. The molecule has 5 heteroatoms. The quantitative estimate of drug-likeness (QED) is 0.765. The second-order valence-electron chi connectivity index (χ2n) is 2.55. The van der Waals surface area contributed by atoms with Crippen LogP contribution in [-0.2, 0) is 6.54 Å². The van der Waals surface area contributed by atoms with E-state index in [9.17, 15) is 8.78 Å². The Bertz CT molecular complexity index is 453. The first-order valence-corrected chi connectivity index (χ1v) is 4.47. The molecule has 1 heterocycles. The molecule has 0 radical (unpaired) electrons. The molecule has 1 aromatic heterocycles. The van der Waals surface area contributed by atoms with Gasteiger partial charge in [-0.05, 0) is 6.07 Å². The lowest BCUT2D eigenvalue weighted by Crippen LogP contribution is -1.94. The van der Waals surface area contributed by atoms with Crippen molar-refractivity contribution in [2.24, 2.45) is 5.73 Å². The Kier molecular flexibility index (Phi) is 1.97. The predicted octanol–water partition coefficient (Wildman–Crippen LogP) is 2.03. The van der Waals surface area contributed by atoms with Crippen molar-refractivity contribution in [3.63, 3.8) is 0 Å². The van der Waals surface area contributed by atoms with Gasteiger partial charge in [0.2, 0.25) is 0 Å². The largest absolute Gasteiger partial charge is 0.325 e. The Morgan fingerprint density at radius 1 is 1.38 bits per heavy atom. The van der Waals surface area contributed by atoms with E-state index in [1.54, 1.807) is 0 Å². The van der Waals surface area contributed by atoms with E-state index < -0.39 is 11.6 Å². The molecule has 2 aromatic rings. The number of rotatable bonds is 1. The van der Waals surface area contributed by atoms with Crippen molar-refractivity contribution in [1.82, 2.24) is 4.98 Å². The van der Waals surface area contributed by atoms with E-state index in [0.29, 0.717) is 9.71 Å². The fraction of sp³-hybridized carbons (Fsp3) is 0.125. The van der Waals surface area contributed by atoms with Crippen LogP contribution in [0.2, 0.25) is 0 Å². The summed E-state index contributed by atoms with van der Waals surface area (Å²) in [5, 5.41) is 0.611. The van der Waals surface area contributed by atoms with Gasteiger partial charge < -0.3 is 5.73 Å². The van der Waals surface area contributed by atoms with Crippen LogP contribution in [0.5, 0.6) is 0 Å². The van der Waals surface area contributed by atoms with Gasteiger partial charge in [-0.25, -0.2) is 13.8 Å². The zero-order valence-corrected chi connectivity index (χ0v) is 7.37. The van der Waals surface area contributed by atoms with Gasteiger partial charge >= 0.3 is 0 Å². The molecule has 0 saturated carbocycles. The topological polar surface area (TPSA) is 38.9 Å². The van der Waals surface area contributed by atoms with Crippen LogP contribution in [0.15, 0.2) is 12.1 Å². The molecule has 0 aliphatic heterocycles. The molecular formula is C8H6F2N2S. The highest BCUT2D eigenvalue weighted by Gasteiger charge is 2.08. The molecule has 0 atom stereocenters. The van der Waals surface area contributed by atoms with Crippen molar-refractivity contribution in [3.8, 4) is 0 Å². The fourth-order valence-electron chi connectivity index (χ4n) is 1.09. The summed E-state index contributed by atoms with van der Waals surface area (Å²) in [6.07, 6.45) is 0. The molecule has 0 amide bonds. The zero-order valence-electron chi connectivity index (χ0n) is 6.55. The summed E-state index contributed by atoms with van der Waals surface area (Å²) in [4.78, 5) is 3.92. The summed E-state index contributed by atoms with van der Waals surface area (Å²) < 4.78 is 26.3. The first-order valence-electron chi connectivity index (χ1n) is 3.65. The molecule has 2 rings (SSSR count). The Morgan fingerprint density at radius 3 is 2.85 bits per heavy atom. The molecule has 0 aliphatic carbocycles. The number of fused-ring (bicyclic) bond motifs is 1. The summed E-state index contributed by atoms with van der Waals surface area (Å²) in [6, 6.07) is 2.08. The summed E-state index contributed by atoms with van der Waals surface area (Å²) in [6.45, 7) is 0.250. The van der Waals surface area contributed by atoms with Crippen LogP contribution in [0.3, 0.4) is 0 Å². The summed E-state index contributed by atoms with van der Waals surface area (Å²) in [7, 11) is 0. The number of nitrogens with zero attached hydrogens (tertiary/aromatic N) is 1. The maximum atomic E-state index is 13.1. The SMILES string of the molecule is NCc1nc2c(F)cc(F)cc2s1. The van der Waals surface area contributed by atoms with Crippen molar-refractivity contribution in [3.05, 3.63) is 28.8 Å². The van der Waals surface area contributed by atoms with E-state index in [0.717, 1.165) is 6.07 Å². The molecule has 1 aromatic carbocycles. The van der Waals surface area contributed by atoms with Gasteiger partial charge in [0.1, 0.15) is 16.3 Å². The standard InChI is InChI=1S/C8H6F2N2S/c9-4-1-5(10)8-6(2-4)13-7(3-11)12-8/h1-2H,3,11H2. The van der Waals surface area contributed by atoms with Crippen LogP contribution in [0.1, 0.15) is 5.01 Å². The average molecular weight is 200 g/mol. The number of hydrogen-bond acceptors (Lipinski definition) is 3. The van der Waals surface area contributed by atoms with Gasteiger partial charge in [0.25, 0.3) is 0 Å². The third-order valence-corrected chi connectivity index (χ3v) is 2.66. The molecule has 0 aliphatic rings. The van der Waals surface area contributed by atoms with Gasteiger partial charge in [0.15, 0.2) is 5.82 Å². The number of nitrogens with two attached hydrogens (primary N) is 1. The molecule has 68 valence electrons. The Labute approximate surface area is 77.0 Å². The molecule has 2 N–H and O–H groups in total. The minimum atomic E-state index is -0.633. The summed E-state index contributed by atoms with van der Waals surface area (Å²) >= 11 is 1.21. The van der Waals surface area contributed by atoms with E-state index >= 15 is 0 Å². The van der Waals surface area contributed by atoms with Gasteiger partial charge in [0.05, 0.1) is 4.70 Å². The minimum absolute atomic E-state index is 0.201. The predicted molar refractivity (Wildman–Crippen MR) is 47.4 cm³/mol. The number of hydrogen-bond donors (Lipinski definition) is 1. The third kappa shape index (κ3) is 1.40. The van der Waals surface area contributed by atoms with Crippen LogP contribution < -0.4 is 5.73 Å². The normalized spacial score (nSPS) is 11.0. The second-order valence-corrected chi connectivity index (χ2v) is 3.66. The van der Waals surface area contributed by atoms with Crippen molar-refractivity contribution < 1.29 is 8.78 Å². The Balaban J connectivity index is 2.75. The van der Waals surface area contributed by atoms with Gasteiger partial charge in [-0.15, -0.1) is 11.3 Å². The van der Waals surface area contributed by atoms with Crippen molar-refractivity contribution in [2.45, 2.75) is 6.54 Å². The molecule has 2 nitrogen and oxygen atoms in total. The molecule has 13 heavy (non-hydrogen) atoms. The highest BCUT2D eigenvalue weighted by molar-refractivity contribution is 7.18. The summed E-state index contributed by atoms with van der Waals surface area (Å²) in [5.41, 5.74) is 5.53. The molecule has 0 spiro atoms. The molecule has 0 unspecified atom stereocenters. The molecular weight excluding hydrogens is 194 g/mol. The van der Waals surface area contributed by atoms with Crippen molar-refractivity contribution in [2.75, 3.05) is 0 Å². The van der Waals surface area contributed by atoms with Gasteiger partial charge in [0, 0.05) is 12.6 Å².